The van der Waals surface area contributed by atoms with Crippen LogP contribution in [0, 0.1) is 11.6 Å². The maximum Gasteiger partial charge on any atom is 0.471 e. The second-order valence-corrected chi connectivity index (χ2v) is 11.3. The summed E-state index contributed by atoms with van der Waals surface area (Å²) in [6, 6.07) is 7.25. The van der Waals surface area contributed by atoms with Crippen molar-refractivity contribution in [2.24, 2.45) is 0 Å². The summed E-state index contributed by atoms with van der Waals surface area (Å²) in [7, 11) is 0. The van der Waals surface area contributed by atoms with Crippen LogP contribution in [0.2, 0.25) is 0 Å². The number of hydrogen-bond acceptors (Lipinski definition) is 5. The van der Waals surface area contributed by atoms with Crippen LogP contribution in [0.15, 0.2) is 48.5 Å². The lowest BCUT2D eigenvalue weighted by atomic mass is 9.99. The molecule has 3 amide bonds. The molecule has 46 heavy (non-hydrogen) atoms. The number of nitrogens with zero attached hydrogens (tertiary/aromatic N) is 3. The fraction of sp³-hybridized carbons (Fsp3) is 0.500. The molecule has 2 saturated heterocycles. The van der Waals surface area contributed by atoms with Crippen molar-refractivity contribution in [3.8, 4) is 0 Å². The lowest BCUT2D eigenvalue weighted by Gasteiger charge is -2.45. The van der Waals surface area contributed by atoms with Gasteiger partial charge in [0.1, 0.15) is 11.6 Å². The van der Waals surface area contributed by atoms with Crippen LogP contribution < -0.4 is 5.32 Å². The highest BCUT2D eigenvalue weighted by molar-refractivity contribution is 5.83. The highest BCUT2D eigenvalue weighted by Gasteiger charge is 2.49. The maximum absolute atomic E-state index is 13.2. The number of hydrogen-bond donors (Lipinski definition) is 1. The average molecular weight is 667 g/mol. The third-order valence-corrected chi connectivity index (χ3v) is 7.33. The van der Waals surface area contributed by atoms with Gasteiger partial charge in [0.05, 0.1) is 18.2 Å². The van der Waals surface area contributed by atoms with Gasteiger partial charge in [0, 0.05) is 38.3 Å². The molecule has 4 rings (SSSR count). The molecule has 4 atom stereocenters. The van der Waals surface area contributed by atoms with Gasteiger partial charge >= 0.3 is 30.3 Å². The lowest BCUT2D eigenvalue weighted by Crippen LogP contribution is -2.59. The van der Waals surface area contributed by atoms with Gasteiger partial charge in [-0.3, -0.25) is 9.59 Å². The number of rotatable bonds is 3. The Labute approximate surface area is 260 Å². The Hall–Kier alpha value is -3.95. The topological polar surface area (TPSA) is 82.2 Å². The van der Waals surface area contributed by atoms with E-state index in [0.717, 1.165) is 17.0 Å². The van der Waals surface area contributed by atoms with Gasteiger partial charge in [0.25, 0.3) is 0 Å². The molecule has 4 unspecified atom stereocenters. The highest BCUT2D eigenvalue weighted by atomic mass is 19.4. The van der Waals surface area contributed by atoms with Crippen molar-refractivity contribution in [3.05, 3.63) is 71.3 Å². The van der Waals surface area contributed by atoms with Crippen molar-refractivity contribution in [3.63, 3.8) is 0 Å². The SMILES string of the molecule is CC(C)OC(=O)N1CC(c2ccc(F)cc2)N(C(=O)C(F)(F)F)CC1C.CC1CN(C(=O)C(F)(F)F)C(c2ccc(F)cc2)CN1. The molecule has 0 bridgehead atoms. The molecule has 0 saturated carbocycles. The molecule has 16 heteroatoms. The Kier molecular flexibility index (Phi) is 11.6. The third kappa shape index (κ3) is 9.30. The van der Waals surface area contributed by atoms with Crippen LogP contribution in [0.25, 0.3) is 0 Å². The van der Waals surface area contributed by atoms with Crippen molar-refractivity contribution >= 4 is 17.9 Å². The number of amides is 3. The molecular weight excluding hydrogens is 632 g/mol. The van der Waals surface area contributed by atoms with Crippen LogP contribution >= 0.6 is 0 Å². The van der Waals surface area contributed by atoms with Gasteiger partial charge in [-0.25, -0.2) is 13.6 Å². The molecule has 0 aromatic heterocycles. The number of alkyl halides is 6. The predicted molar refractivity (Wildman–Crippen MR) is 149 cm³/mol. The molecule has 2 aliphatic rings. The molecule has 1 N–H and O–H groups in total. The summed E-state index contributed by atoms with van der Waals surface area (Å²) < 4.78 is 108. The maximum atomic E-state index is 13.2. The first-order valence-corrected chi connectivity index (χ1v) is 14.3. The predicted octanol–water partition coefficient (Wildman–Crippen LogP) is 5.76. The van der Waals surface area contributed by atoms with Gasteiger partial charge in [0.15, 0.2) is 0 Å². The monoisotopic (exact) mass is 666 g/mol. The van der Waals surface area contributed by atoms with Crippen molar-refractivity contribution in [2.75, 3.05) is 26.2 Å². The summed E-state index contributed by atoms with van der Waals surface area (Å²) in [5.74, 6) is -4.88. The average Bonchev–Trinajstić information content (AvgIpc) is 2.96. The number of ether oxygens (including phenoxy) is 1. The standard InChI is InChI=1S/C17H20F4N2O3.C13H14F4N2O/c1-10(2)26-16(25)22-9-14(12-4-6-13(18)7-5-12)23(8-11(22)3)15(24)17(19,20)21;1-8-7-19(12(20)13(15,16)17)11(6-18-8)9-2-4-10(14)5-3-9/h4-7,10-11,14H,8-9H2,1-3H3;2-5,8,11,18H,6-7H2,1H3. The number of nitrogens with one attached hydrogen (secondary N) is 1. The van der Waals surface area contributed by atoms with Gasteiger partial charge in [-0.2, -0.15) is 26.3 Å². The molecule has 2 aromatic rings. The second kappa shape index (κ2) is 14.6. The fourth-order valence-electron chi connectivity index (χ4n) is 5.14. The normalized spacial score (nSPS) is 22.2. The van der Waals surface area contributed by atoms with E-state index in [1.807, 2.05) is 0 Å². The Morgan fingerprint density at radius 1 is 0.717 bits per heavy atom. The molecule has 2 aromatic carbocycles. The quantitative estimate of drug-likeness (QED) is 0.422. The molecule has 2 fully saturated rings. The molecule has 0 spiro atoms. The summed E-state index contributed by atoms with van der Waals surface area (Å²) in [5, 5.41) is 3.03. The number of piperazine rings is 2. The minimum Gasteiger partial charge on any atom is -0.447 e. The fourth-order valence-corrected chi connectivity index (χ4v) is 5.14. The lowest BCUT2D eigenvalue weighted by molar-refractivity contribution is -0.191. The first-order chi connectivity index (χ1) is 21.3. The van der Waals surface area contributed by atoms with Gasteiger partial charge in [0.2, 0.25) is 0 Å². The summed E-state index contributed by atoms with van der Waals surface area (Å²) in [6.45, 7) is 6.23. The van der Waals surface area contributed by atoms with Crippen molar-refractivity contribution in [2.45, 2.75) is 70.3 Å². The molecule has 0 radical (unpaired) electrons. The van der Waals surface area contributed by atoms with Gasteiger partial charge in [-0.1, -0.05) is 24.3 Å². The summed E-state index contributed by atoms with van der Waals surface area (Å²) in [6.07, 6.45) is -11.0. The van der Waals surface area contributed by atoms with E-state index in [1.54, 1.807) is 27.7 Å². The van der Waals surface area contributed by atoms with Crippen molar-refractivity contribution in [1.82, 2.24) is 20.0 Å². The number of carbonyl (C=O) groups is 3. The van der Waals surface area contributed by atoms with Crippen LogP contribution in [0.4, 0.5) is 39.9 Å². The van der Waals surface area contributed by atoms with Crippen LogP contribution in [-0.2, 0) is 14.3 Å². The summed E-state index contributed by atoms with van der Waals surface area (Å²) in [4.78, 5) is 38.4. The van der Waals surface area contributed by atoms with Gasteiger partial charge < -0.3 is 24.8 Å². The Balaban J connectivity index is 0.000000259. The molecule has 2 heterocycles. The van der Waals surface area contributed by atoms with Crippen molar-refractivity contribution in [1.29, 1.82) is 0 Å². The minimum absolute atomic E-state index is 0.0413. The van der Waals surface area contributed by atoms with E-state index in [1.165, 1.54) is 41.3 Å². The molecule has 2 aliphatic heterocycles. The van der Waals surface area contributed by atoms with Crippen molar-refractivity contribution < 1.29 is 54.2 Å². The summed E-state index contributed by atoms with van der Waals surface area (Å²) >= 11 is 0. The number of benzene rings is 2. The Bertz CT molecular complexity index is 1350. The third-order valence-electron chi connectivity index (χ3n) is 7.33. The molecule has 254 valence electrons. The van der Waals surface area contributed by atoms with E-state index in [0.29, 0.717) is 16.0 Å². The minimum atomic E-state index is -5.04. The first-order valence-electron chi connectivity index (χ1n) is 14.3. The van der Waals surface area contributed by atoms with E-state index < -0.39 is 66.1 Å². The molecule has 8 nitrogen and oxygen atoms in total. The summed E-state index contributed by atoms with van der Waals surface area (Å²) in [5.41, 5.74) is 0.779. The van der Waals surface area contributed by atoms with Crippen LogP contribution in [0.1, 0.15) is 50.9 Å². The Morgan fingerprint density at radius 2 is 1.15 bits per heavy atom. The van der Waals surface area contributed by atoms with Crippen LogP contribution in [0.5, 0.6) is 0 Å². The largest absolute Gasteiger partial charge is 0.471 e. The highest BCUT2D eigenvalue weighted by Crippen LogP contribution is 2.33. The van der Waals surface area contributed by atoms with Gasteiger partial charge in [-0.05, 0) is 63.1 Å². The second-order valence-electron chi connectivity index (χ2n) is 11.3. The van der Waals surface area contributed by atoms with E-state index in [9.17, 15) is 49.5 Å². The van der Waals surface area contributed by atoms with E-state index in [-0.39, 0.29) is 32.2 Å². The first kappa shape index (κ1) is 36.5. The smallest absolute Gasteiger partial charge is 0.447 e. The molecular formula is C30H34F8N4O4. The van der Waals surface area contributed by atoms with E-state index >= 15 is 0 Å². The van der Waals surface area contributed by atoms with Crippen LogP contribution in [0.3, 0.4) is 0 Å². The molecule has 0 aliphatic carbocycles. The van der Waals surface area contributed by atoms with E-state index in [4.69, 9.17) is 4.74 Å². The zero-order chi connectivity index (χ0) is 34.6. The van der Waals surface area contributed by atoms with Gasteiger partial charge in [-0.15, -0.1) is 0 Å². The Morgan fingerprint density at radius 3 is 1.59 bits per heavy atom. The van der Waals surface area contributed by atoms with E-state index in [2.05, 4.69) is 5.32 Å². The zero-order valence-corrected chi connectivity index (χ0v) is 25.3. The van der Waals surface area contributed by atoms with Crippen LogP contribution in [-0.4, -0.2) is 89.3 Å². The zero-order valence-electron chi connectivity index (χ0n) is 25.3. The number of carbonyl (C=O) groups excluding carboxylic acids is 3. The number of halogens is 8.